The summed E-state index contributed by atoms with van der Waals surface area (Å²) in [5, 5.41) is 13.9. The van der Waals surface area contributed by atoms with Gasteiger partial charge in [0.1, 0.15) is 11.0 Å². The molecule has 2 N–H and O–H groups in total. The van der Waals surface area contributed by atoms with Crippen molar-refractivity contribution in [3.8, 4) is 0 Å². The Balaban J connectivity index is 1.90. The number of hydrogen-bond acceptors (Lipinski definition) is 3. The van der Waals surface area contributed by atoms with Gasteiger partial charge in [-0.1, -0.05) is 17.7 Å². The van der Waals surface area contributed by atoms with E-state index in [1.165, 1.54) is 0 Å². The quantitative estimate of drug-likeness (QED) is 0.753. The topological polar surface area (TPSA) is 70.7 Å². The number of benzene rings is 2. The van der Waals surface area contributed by atoms with Gasteiger partial charge in [-0.25, -0.2) is 0 Å². The van der Waals surface area contributed by atoms with Gasteiger partial charge in [0, 0.05) is 10.6 Å². The van der Waals surface area contributed by atoms with Crippen LogP contribution in [0.3, 0.4) is 0 Å². The minimum absolute atomic E-state index is 0.216. The molecule has 5 nitrogen and oxygen atoms in total. The normalized spacial score (nSPS) is 10.6. The zero-order valence-electron chi connectivity index (χ0n) is 9.72. The summed E-state index contributed by atoms with van der Waals surface area (Å²) in [5.41, 5.74) is 2.48. The molecule has 0 saturated heterocycles. The summed E-state index contributed by atoms with van der Waals surface area (Å²) < 4.78 is 0. The second-order valence-electron chi connectivity index (χ2n) is 3.96. The molecule has 19 heavy (non-hydrogen) atoms. The highest BCUT2D eigenvalue weighted by Crippen LogP contribution is 2.19. The minimum Gasteiger partial charge on any atom is -0.320 e. The number of fused-ring (bicyclic) bond motifs is 1. The van der Waals surface area contributed by atoms with Crippen LogP contribution in [0.1, 0.15) is 10.4 Å². The maximum absolute atomic E-state index is 12.1. The highest BCUT2D eigenvalue weighted by molar-refractivity contribution is 6.30. The Morgan fingerprint density at radius 3 is 2.68 bits per heavy atom. The fourth-order valence-electron chi connectivity index (χ4n) is 1.76. The molecule has 94 valence electrons. The number of carbonyl (C=O) groups excluding carboxylic acids is 1. The van der Waals surface area contributed by atoms with Gasteiger partial charge in [0.15, 0.2) is 0 Å². The van der Waals surface area contributed by atoms with Crippen molar-refractivity contribution in [1.82, 2.24) is 15.4 Å². The molecule has 0 unspecified atom stereocenters. The van der Waals surface area contributed by atoms with Gasteiger partial charge in [-0.05, 0) is 36.4 Å². The van der Waals surface area contributed by atoms with E-state index in [0.717, 1.165) is 0 Å². The number of aromatic nitrogens is 3. The van der Waals surface area contributed by atoms with Gasteiger partial charge in [-0.15, -0.1) is 0 Å². The van der Waals surface area contributed by atoms with Crippen LogP contribution in [0.15, 0.2) is 42.5 Å². The van der Waals surface area contributed by atoms with Gasteiger partial charge in [0.05, 0.1) is 5.69 Å². The fourth-order valence-corrected chi connectivity index (χ4v) is 1.89. The average molecular weight is 273 g/mol. The van der Waals surface area contributed by atoms with Crippen LogP contribution in [-0.2, 0) is 0 Å². The van der Waals surface area contributed by atoms with E-state index in [0.29, 0.717) is 27.3 Å². The van der Waals surface area contributed by atoms with Gasteiger partial charge >= 0.3 is 0 Å². The standard InChI is InChI=1S/C13H9ClN4O/c14-9-6-4-8(5-7-9)13(19)15-10-2-1-3-11-12(10)17-18-16-11/h1-7H,(H,15,19)(H,16,17,18). The zero-order valence-corrected chi connectivity index (χ0v) is 10.5. The SMILES string of the molecule is O=C(Nc1cccc2n[nH]nc12)c1ccc(Cl)cc1. The first kappa shape index (κ1) is 11.7. The lowest BCUT2D eigenvalue weighted by Crippen LogP contribution is -2.11. The predicted molar refractivity (Wildman–Crippen MR) is 73.3 cm³/mol. The first-order valence-corrected chi connectivity index (χ1v) is 5.98. The summed E-state index contributed by atoms with van der Waals surface area (Å²) in [6.45, 7) is 0. The number of halogens is 1. The lowest BCUT2D eigenvalue weighted by atomic mass is 10.2. The molecule has 0 spiro atoms. The summed E-state index contributed by atoms with van der Waals surface area (Å²) in [4.78, 5) is 12.1. The van der Waals surface area contributed by atoms with Crippen molar-refractivity contribution < 1.29 is 4.79 Å². The number of carbonyl (C=O) groups is 1. The Morgan fingerprint density at radius 2 is 1.89 bits per heavy atom. The highest BCUT2D eigenvalue weighted by atomic mass is 35.5. The third kappa shape index (κ3) is 2.28. The Kier molecular flexibility index (Phi) is 2.89. The van der Waals surface area contributed by atoms with Gasteiger partial charge in [0.2, 0.25) is 0 Å². The number of rotatable bonds is 2. The molecule has 0 aliphatic rings. The van der Waals surface area contributed by atoms with E-state index >= 15 is 0 Å². The van der Waals surface area contributed by atoms with E-state index in [-0.39, 0.29) is 5.91 Å². The number of aromatic amines is 1. The van der Waals surface area contributed by atoms with Gasteiger partial charge in [0.25, 0.3) is 5.91 Å². The average Bonchev–Trinajstić information content (AvgIpc) is 2.89. The van der Waals surface area contributed by atoms with Crippen LogP contribution < -0.4 is 5.32 Å². The van der Waals surface area contributed by atoms with Crippen LogP contribution in [0.5, 0.6) is 0 Å². The molecule has 1 heterocycles. The van der Waals surface area contributed by atoms with Crippen LogP contribution >= 0.6 is 11.6 Å². The molecule has 1 amide bonds. The third-order valence-corrected chi connectivity index (χ3v) is 2.95. The lowest BCUT2D eigenvalue weighted by molar-refractivity contribution is 0.102. The molecule has 6 heteroatoms. The lowest BCUT2D eigenvalue weighted by Gasteiger charge is -2.05. The molecule has 1 aromatic heterocycles. The molecule has 0 aliphatic heterocycles. The number of para-hydroxylation sites is 1. The molecule has 0 atom stereocenters. The molecule has 0 saturated carbocycles. The van der Waals surface area contributed by atoms with Crippen molar-refractivity contribution in [2.75, 3.05) is 5.32 Å². The van der Waals surface area contributed by atoms with Crippen LogP contribution in [0, 0.1) is 0 Å². The third-order valence-electron chi connectivity index (χ3n) is 2.70. The number of H-pyrrole nitrogens is 1. The Bertz CT molecular complexity index is 736. The van der Waals surface area contributed by atoms with Crippen LogP contribution in [-0.4, -0.2) is 21.3 Å². The van der Waals surface area contributed by atoms with Crippen molar-refractivity contribution >= 4 is 34.2 Å². The Labute approximate surface area is 113 Å². The molecule has 3 rings (SSSR count). The summed E-state index contributed by atoms with van der Waals surface area (Å²) >= 11 is 5.79. The largest absolute Gasteiger partial charge is 0.320 e. The number of nitrogens with one attached hydrogen (secondary N) is 2. The molecular weight excluding hydrogens is 264 g/mol. The first-order valence-electron chi connectivity index (χ1n) is 5.60. The highest BCUT2D eigenvalue weighted by Gasteiger charge is 2.10. The minimum atomic E-state index is -0.216. The van der Waals surface area contributed by atoms with Crippen molar-refractivity contribution in [1.29, 1.82) is 0 Å². The van der Waals surface area contributed by atoms with Crippen molar-refractivity contribution in [2.24, 2.45) is 0 Å². The summed E-state index contributed by atoms with van der Waals surface area (Å²) in [6.07, 6.45) is 0. The number of amides is 1. The monoisotopic (exact) mass is 272 g/mol. The maximum Gasteiger partial charge on any atom is 0.255 e. The molecule has 0 aliphatic carbocycles. The fraction of sp³-hybridized carbons (Fsp3) is 0. The first-order chi connectivity index (χ1) is 9.24. The predicted octanol–water partition coefficient (Wildman–Crippen LogP) is 2.86. The molecule has 0 bridgehead atoms. The molecule has 0 radical (unpaired) electrons. The van der Waals surface area contributed by atoms with Crippen LogP contribution in [0.2, 0.25) is 5.02 Å². The van der Waals surface area contributed by atoms with E-state index in [1.807, 2.05) is 12.1 Å². The van der Waals surface area contributed by atoms with Gasteiger partial charge < -0.3 is 5.32 Å². The summed E-state index contributed by atoms with van der Waals surface area (Å²) in [7, 11) is 0. The number of hydrogen-bond donors (Lipinski definition) is 2. The maximum atomic E-state index is 12.1. The van der Waals surface area contributed by atoms with Crippen molar-refractivity contribution in [3.05, 3.63) is 53.1 Å². The van der Waals surface area contributed by atoms with E-state index in [1.54, 1.807) is 30.3 Å². The van der Waals surface area contributed by atoms with E-state index in [9.17, 15) is 4.79 Å². The van der Waals surface area contributed by atoms with Crippen LogP contribution in [0.25, 0.3) is 11.0 Å². The van der Waals surface area contributed by atoms with E-state index in [2.05, 4.69) is 20.7 Å². The van der Waals surface area contributed by atoms with Crippen LogP contribution in [0.4, 0.5) is 5.69 Å². The van der Waals surface area contributed by atoms with E-state index < -0.39 is 0 Å². The van der Waals surface area contributed by atoms with Crippen molar-refractivity contribution in [3.63, 3.8) is 0 Å². The van der Waals surface area contributed by atoms with Gasteiger partial charge in [-0.2, -0.15) is 15.4 Å². The Hall–Kier alpha value is -2.40. The second-order valence-corrected chi connectivity index (χ2v) is 4.39. The molecular formula is C13H9ClN4O. The summed E-state index contributed by atoms with van der Waals surface area (Å²) in [6, 6.07) is 12.1. The summed E-state index contributed by atoms with van der Waals surface area (Å²) in [5.74, 6) is -0.216. The van der Waals surface area contributed by atoms with Gasteiger partial charge in [-0.3, -0.25) is 4.79 Å². The molecule has 2 aromatic carbocycles. The zero-order chi connectivity index (χ0) is 13.2. The van der Waals surface area contributed by atoms with Crippen molar-refractivity contribution in [2.45, 2.75) is 0 Å². The molecule has 3 aromatic rings. The number of nitrogens with zero attached hydrogens (tertiary/aromatic N) is 2. The Morgan fingerprint density at radius 1 is 1.11 bits per heavy atom. The second kappa shape index (κ2) is 4.70. The smallest absolute Gasteiger partial charge is 0.255 e. The molecule has 0 fully saturated rings. The van der Waals surface area contributed by atoms with E-state index in [4.69, 9.17) is 11.6 Å². The number of anilines is 1.